The molecule has 0 spiro atoms. The van der Waals surface area contributed by atoms with E-state index in [0.717, 1.165) is 20.9 Å². The largest absolute Gasteiger partial charge is 0.182 e. The van der Waals surface area contributed by atoms with Gasteiger partial charge in [-0.2, -0.15) is 14.0 Å². The van der Waals surface area contributed by atoms with Gasteiger partial charge in [0.1, 0.15) is 14.5 Å². The van der Waals surface area contributed by atoms with Gasteiger partial charge in [-0.05, 0) is 34.1 Å². The van der Waals surface area contributed by atoms with E-state index in [-0.39, 0.29) is 10.8 Å². The van der Waals surface area contributed by atoms with Crippen molar-refractivity contribution in [3.8, 4) is 0 Å². The first kappa shape index (κ1) is 20.4. The summed E-state index contributed by atoms with van der Waals surface area (Å²) in [6, 6.07) is 9.89. The molecule has 1 aliphatic heterocycles. The molecule has 0 bridgehead atoms. The van der Waals surface area contributed by atoms with Crippen molar-refractivity contribution in [2.75, 3.05) is 0 Å². The molecule has 1 aromatic carbocycles. The SMILES string of the molecule is CC(C)(C)C1=CC(c2ccccc2)=CC(C(C)(C)C)=S1O[Cl+3]([O-])([O-])[O-]. The van der Waals surface area contributed by atoms with Gasteiger partial charge in [0.25, 0.3) is 0 Å². The second kappa shape index (κ2) is 6.99. The Morgan fingerprint density at radius 1 is 0.840 bits per heavy atom. The van der Waals surface area contributed by atoms with Crippen molar-refractivity contribution >= 4 is 21.2 Å². The van der Waals surface area contributed by atoms with Crippen LogP contribution in [0.4, 0.5) is 0 Å². The number of rotatable bonds is 3. The zero-order chi connectivity index (χ0) is 19.0. The summed E-state index contributed by atoms with van der Waals surface area (Å²) in [5.41, 5.74) is 1.32. The standard InChI is InChI=1S/C19H25ClO4S/c1-18(2,3)16-12-15(14-10-8-7-9-11-14)13-17(19(4,5)6)25(16)24-20(21,22)23/h7-13H,1-6H3. The average molecular weight is 385 g/mol. The second-order valence-corrected chi connectivity index (χ2v) is 10.7. The van der Waals surface area contributed by atoms with E-state index >= 15 is 0 Å². The lowest BCUT2D eigenvalue weighted by Gasteiger charge is -2.32. The quantitative estimate of drug-likeness (QED) is 0.749. The van der Waals surface area contributed by atoms with E-state index in [0.29, 0.717) is 0 Å². The van der Waals surface area contributed by atoms with Gasteiger partial charge >= 0.3 is 0 Å². The van der Waals surface area contributed by atoms with Gasteiger partial charge in [0, 0.05) is 9.77 Å². The Labute approximate surface area is 154 Å². The summed E-state index contributed by atoms with van der Waals surface area (Å²) in [5.74, 6) is 0. The van der Waals surface area contributed by atoms with E-state index in [1.807, 2.05) is 84.0 Å². The molecule has 25 heavy (non-hydrogen) atoms. The van der Waals surface area contributed by atoms with Crippen LogP contribution in [0.15, 0.2) is 47.4 Å². The fourth-order valence-electron chi connectivity index (χ4n) is 2.48. The summed E-state index contributed by atoms with van der Waals surface area (Å²) < 4.78 is 39.0. The first-order valence-corrected chi connectivity index (χ1v) is 10.4. The Morgan fingerprint density at radius 3 is 1.84 bits per heavy atom. The molecule has 0 aliphatic carbocycles. The highest BCUT2D eigenvalue weighted by molar-refractivity contribution is 8.15. The number of hydrogen-bond donors (Lipinski definition) is 0. The lowest BCUT2D eigenvalue weighted by atomic mass is 9.88. The van der Waals surface area contributed by atoms with Crippen molar-refractivity contribution in [3.63, 3.8) is 0 Å². The zero-order valence-electron chi connectivity index (χ0n) is 15.5. The molecule has 0 aromatic heterocycles. The van der Waals surface area contributed by atoms with E-state index in [1.165, 1.54) is 0 Å². The number of halogens is 1. The molecule has 1 atom stereocenters. The molecule has 0 amide bonds. The molecule has 0 saturated heterocycles. The molecular formula is C19H25ClO4S. The topological polar surface area (TPSA) is 78.4 Å². The van der Waals surface area contributed by atoms with E-state index in [9.17, 15) is 14.0 Å². The summed E-state index contributed by atoms with van der Waals surface area (Å²) in [6.07, 6.45) is 3.91. The molecule has 0 fully saturated rings. The van der Waals surface area contributed by atoms with Crippen LogP contribution in [0.3, 0.4) is 0 Å². The third kappa shape index (κ3) is 5.26. The predicted molar refractivity (Wildman–Crippen MR) is 95.1 cm³/mol. The Morgan fingerprint density at radius 2 is 1.40 bits per heavy atom. The Bertz CT molecular complexity index is 729. The predicted octanol–water partition coefficient (Wildman–Crippen LogP) is 2.33. The van der Waals surface area contributed by atoms with Gasteiger partial charge in [-0.15, -0.1) is 0 Å². The first-order valence-electron chi connectivity index (χ1n) is 8.01. The summed E-state index contributed by atoms with van der Waals surface area (Å²) >= 11 is 0. The molecule has 6 heteroatoms. The Hall–Kier alpha value is -0.950. The number of benzene rings is 1. The maximum atomic E-state index is 11.3. The lowest BCUT2D eigenvalue weighted by molar-refractivity contribution is -1.91. The van der Waals surface area contributed by atoms with Crippen LogP contribution in [0.5, 0.6) is 0 Å². The highest BCUT2D eigenvalue weighted by Crippen LogP contribution is 2.49. The van der Waals surface area contributed by atoms with Crippen molar-refractivity contribution in [2.24, 2.45) is 10.8 Å². The molecule has 2 rings (SSSR count). The highest BCUT2D eigenvalue weighted by Gasteiger charge is 2.38. The van der Waals surface area contributed by atoms with Crippen molar-refractivity contribution < 1.29 is 28.0 Å². The van der Waals surface area contributed by atoms with Gasteiger partial charge in [0.15, 0.2) is 0 Å². The third-order valence-electron chi connectivity index (χ3n) is 3.70. The molecule has 0 N–H and O–H groups in total. The summed E-state index contributed by atoms with van der Waals surface area (Å²) in [5, 5.41) is 0. The number of hydrogen-bond acceptors (Lipinski definition) is 4. The lowest BCUT2D eigenvalue weighted by Crippen LogP contribution is -2.60. The van der Waals surface area contributed by atoms with Crippen LogP contribution in [0, 0.1) is 21.1 Å². The Balaban J connectivity index is 2.74. The molecule has 138 valence electrons. The van der Waals surface area contributed by atoms with Crippen LogP contribution < -0.4 is 14.0 Å². The van der Waals surface area contributed by atoms with Gasteiger partial charge in [0.2, 0.25) is 0 Å². The average Bonchev–Trinajstić information content (AvgIpc) is 2.44. The summed E-state index contributed by atoms with van der Waals surface area (Å²) in [4.78, 5) is 1.59. The van der Waals surface area contributed by atoms with Gasteiger partial charge in [-0.25, -0.2) is 0 Å². The van der Waals surface area contributed by atoms with Crippen molar-refractivity contribution in [2.45, 2.75) is 41.5 Å². The van der Waals surface area contributed by atoms with E-state index < -0.39 is 21.0 Å². The van der Waals surface area contributed by atoms with Crippen LogP contribution in [0.25, 0.3) is 5.57 Å². The third-order valence-corrected chi connectivity index (χ3v) is 7.08. The Kier molecular flexibility index (Phi) is 5.69. The highest BCUT2D eigenvalue weighted by atomic mass is 35.7. The normalized spacial score (nSPS) is 19.6. The molecule has 1 unspecified atom stereocenters. The van der Waals surface area contributed by atoms with Gasteiger partial charge in [0.05, 0.1) is 10.2 Å². The second-order valence-electron chi connectivity index (χ2n) is 8.05. The van der Waals surface area contributed by atoms with Crippen molar-refractivity contribution in [1.29, 1.82) is 0 Å². The first-order chi connectivity index (χ1) is 11.3. The van der Waals surface area contributed by atoms with Crippen LogP contribution in [-0.2, 0) is 3.74 Å². The van der Waals surface area contributed by atoms with E-state index in [1.54, 1.807) is 0 Å². The fourth-order valence-corrected chi connectivity index (χ4v) is 5.46. The maximum Gasteiger partial charge on any atom is 0.141 e. The molecule has 1 heterocycles. The maximum absolute atomic E-state index is 11.3. The molecule has 1 aromatic rings. The minimum absolute atomic E-state index is 0.353. The van der Waals surface area contributed by atoms with Crippen molar-refractivity contribution in [1.82, 2.24) is 0 Å². The van der Waals surface area contributed by atoms with Crippen LogP contribution in [-0.4, -0.2) is 4.86 Å². The van der Waals surface area contributed by atoms with E-state index in [2.05, 4.69) is 0 Å². The minimum Gasteiger partial charge on any atom is -0.182 e. The minimum atomic E-state index is -4.52. The zero-order valence-corrected chi connectivity index (χ0v) is 17.0. The van der Waals surface area contributed by atoms with E-state index in [4.69, 9.17) is 3.74 Å². The van der Waals surface area contributed by atoms with Crippen molar-refractivity contribution in [3.05, 3.63) is 53.0 Å². The van der Waals surface area contributed by atoms with Gasteiger partial charge < -0.3 is 0 Å². The molecule has 1 aliphatic rings. The van der Waals surface area contributed by atoms with Crippen LogP contribution in [0.2, 0.25) is 0 Å². The fraction of sp³-hybridized carbons (Fsp3) is 0.421. The summed E-state index contributed by atoms with van der Waals surface area (Å²) in [7, 11) is -5.76. The molecule has 0 saturated carbocycles. The van der Waals surface area contributed by atoms with Crippen LogP contribution in [0.1, 0.15) is 47.1 Å². The molecule has 0 radical (unpaired) electrons. The molecular weight excluding hydrogens is 360 g/mol. The number of allylic oxidation sites excluding steroid dienone is 4. The smallest absolute Gasteiger partial charge is 0.141 e. The monoisotopic (exact) mass is 384 g/mol. The molecule has 4 nitrogen and oxygen atoms in total. The van der Waals surface area contributed by atoms with Crippen LogP contribution >= 0.6 is 10.8 Å². The van der Waals surface area contributed by atoms with Gasteiger partial charge in [-0.3, -0.25) is 0 Å². The van der Waals surface area contributed by atoms with Gasteiger partial charge in [-0.1, -0.05) is 71.9 Å². The summed E-state index contributed by atoms with van der Waals surface area (Å²) in [6.45, 7) is 11.9.